The molecule has 0 aliphatic carbocycles. The van der Waals surface area contributed by atoms with Crippen molar-refractivity contribution in [1.29, 1.82) is 0 Å². The standard InChI is InChI=1S/C18H20N4OS2/c1-2-3-9-23-15-7-4-6-14(11-15)13-19-22-17(20-21-18(22)24)12-16-8-5-10-25-16/h4-8,10-11,13H,2-3,9,12H2,1H3,(H,21,24)/b19-13-. The Morgan fingerprint density at radius 3 is 3.08 bits per heavy atom. The molecule has 3 aromatic rings. The minimum absolute atomic E-state index is 0.484. The van der Waals surface area contributed by atoms with Gasteiger partial charge in [-0.1, -0.05) is 31.5 Å². The first-order valence-corrected chi connectivity index (χ1v) is 9.51. The number of aromatic amines is 1. The molecule has 1 N–H and O–H groups in total. The fourth-order valence-corrected chi connectivity index (χ4v) is 3.17. The summed E-state index contributed by atoms with van der Waals surface area (Å²) in [5.41, 5.74) is 0.958. The molecule has 0 fully saturated rings. The maximum atomic E-state index is 5.74. The predicted octanol–water partition coefficient (Wildman–Crippen LogP) is 4.65. The third kappa shape index (κ3) is 4.87. The van der Waals surface area contributed by atoms with Crippen LogP contribution in [0.2, 0.25) is 0 Å². The number of unbranched alkanes of at least 4 members (excludes halogenated alkanes) is 1. The van der Waals surface area contributed by atoms with Gasteiger partial charge in [0.2, 0.25) is 4.77 Å². The molecule has 7 heteroatoms. The van der Waals surface area contributed by atoms with E-state index in [0.717, 1.165) is 36.6 Å². The highest BCUT2D eigenvalue weighted by Gasteiger charge is 2.07. The van der Waals surface area contributed by atoms with Gasteiger partial charge in [0, 0.05) is 11.3 Å². The monoisotopic (exact) mass is 372 g/mol. The van der Waals surface area contributed by atoms with Crippen LogP contribution < -0.4 is 4.74 Å². The number of aromatic nitrogens is 3. The number of thiophene rings is 1. The molecule has 0 spiro atoms. The number of benzene rings is 1. The third-order valence-corrected chi connectivity index (χ3v) is 4.72. The molecule has 2 heterocycles. The van der Waals surface area contributed by atoms with Crippen LogP contribution in [0.4, 0.5) is 0 Å². The van der Waals surface area contributed by atoms with Crippen LogP contribution in [0.3, 0.4) is 0 Å². The number of H-pyrrole nitrogens is 1. The SMILES string of the molecule is CCCCOc1cccc(/C=N\n2c(Cc3cccs3)n[nH]c2=S)c1. The zero-order valence-electron chi connectivity index (χ0n) is 14.0. The van der Waals surface area contributed by atoms with Gasteiger partial charge in [-0.25, -0.2) is 0 Å². The average Bonchev–Trinajstić information content (AvgIpc) is 3.25. The zero-order valence-corrected chi connectivity index (χ0v) is 15.6. The number of hydrogen-bond donors (Lipinski definition) is 1. The Hall–Kier alpha value is -2.25. The average molecular weight is 373 g/mol. The summed E-state index contributed by atoms with van der Waals surface area (Å²) in [6, 6.07) is 12.0. The summed E-state index contributed by atoms with van der Waals surface area (Å²) >= 11 is 6.98. The van der Waals surface area contributed by atoms with E-state index in [1.54, 1.807) is 22.2 Å². The van der Waals surface area contributed by atoms with Crippen molar-refractivity contribution in [3.8, 4) is 5.75 Å². The van der Waals surface area contributed by atoms with E-state index in [0.29, 0.717) is 11.2 Å². The van der Waals surface area contributed by atoms with E-state index < -0.39 is 0 Å². The minimum atomic E-state index is 0.484. The molecule has 2 aromatic heterocycles. The van der Waals surface area contributed by atoms with Crippen molar-refractivity contribution in [2.75, 3.05) is 6.61 Å². The molecular formula is C18H20N4OS2. The van der Waals surface area contributed by atoms with E-state index in [4.69, 9.17) is 17.0 Å². The number of hydrogen-bond acceptors (Lipinski definition) is 5. The molecule has 130 valence electrons. The van der Waals surface area contributed by atoms with Crippen molar-refractivity contribution in [3.05, 3.63) is 62.8 Å². The fraction of sp³-hybridized carbons (Fsp3) is 0.278. The van der Waals surface area contributed by atoms with E-state index in [-0.39, 0.29) is 0 Å². The van der Waals surface area contributed by atoms with Gasteiger partial charge in [-0.2, -0.15) is 14.9 Å². The fourth-order valence-electron chi connectivity index (χ4n) is 2.27. The second kappa shape index (κ2) is 8.73. The van der Waals surface area contributed by atoms with E-state index in [1.165, 1.54) is 4.88 Å². The molecule has 0 bridgehead atoms. The van der Waals surface area contributed by atoms with Gasteiger partial charge in [-0.15, -0.1) is 11.3 Å². The summed E-state index contributed by atoms with van der Waals surface area (Å²) in [5, 5.41) is 13.6. The molecule has 0 radical (unpaired) electrons. The van der Waals surface area contributed by atoms with Crippen molar-refractivity contribution >= 4 is 29.8 Å². The lowest BCUT2D eigenvalue weighted by Crippen LogP contribution is -2.00. The predicted molar refractivity (Wildman–Crippen MR) is 104 cm³/mol. The Kier molecular flexibility index (Phi) is 6.14. The lowest BCUT2D eigenvalue weighted by atomic mass is 10.2. The van der Waals surface area contributed by atoms with E-state index in [9.17, 15) is 0 Å². The van der Waals surface area contributed by atoms with Crippen LogP contribution in [-0.2, 0) is 6.42 Å². The van der Waals surface area contributed by atoms with E-state index in [2.05, 4.69) is 28.3 Å². The molecular weight excluding hydrogens is 352 g/mol. The van der Waals surface area contributed by atoms with Gasteiger partial charge in [-0.05, 0) is 47.8 Å². The number of ether oxygens (including phenoxy) is 1. The molecule has 25 heavy (non-hydrogen) atoms. The van der Waals surface area contributed by atoms with Crippen molar-refractivity contribution in [2.24, 2.45) is 5.10 Å². The van der Waals surface area contributed by atoms with Crippen LogP contribution in [0.25, 0.3) is 0 Å². The number of nitrogens with zero attached hydrogens (tertiary/aromatic N) is 3. The first-order chi connectivity index (χ1) is 12.3. The van der Waals surface area contributed by atoms with Crippen LogP contribution in [0, 0.1) is 4.77 Å². The van der Waals surface area contributed by atoms with E-state index in [1.807, 2.05) is 35.7 Å². The van der Waals surface area contributed by atoms with Crippen LogP contribution in [0.5, 0.6) is 5.75 Å². The van der Waals surface area contributed by atoms with Gasteiger partial charge in [0.1, 0.15) is 5.75 Å². The molecule has 0 aliphatic rings. The van der Waals surface area contributed by atoms with Gasteiger partial charge in [0.25, 0.3) is 0 Å². The molecule has 5 nitrogen and oxygen atoms in total. The van der Waals surface area contributed by atoms with Crippen LogP contribution in [0.15, 0.2) is 46.9 Å². The van der Waals surface area contributed by atoms with E-state index >= 15 is 0 Å². The molecule has 3 rings (SSSR count). The highest BCUT2D eigenvalue weighted by molar-refractivity contribution is 7.71. The Bertz CT molecular complexity index is 881. The molecule has 0 saturated carbocycles. The summed E-state index contributed by atoms with van der Waals surface area (Å²) in [4.78, 5) is 1.22. The maximum absolute atomic E-state index is 5.74. The van der Waals surface area contributed by atoms with Crippen LogP contribution >= 0.6 is 23.6 Å². The highest BCUT2D eigenvalue weighted by Crippen LogP contribution is 2.15. The summed E-state index contributed by atoms with van der Waals surface area (Å²) in [7, 11) is 0. The summed E-state index contributed by atoms with van der Waals surface area (Å²) in [5.74, 6) is 1.64. The molecule has 1 aromatic carbocycles. The largest absolute Gasteiger partial charge is 0.494 e. The normalized spacial score (nSPS) is 11.2. The summed E-state index contributed by atoms with van der Waals surface area (Å²) < 4.78 is 7.89. The molecule has 0 saturated heterocycles. The molecule has 0 aliphatic heterocycles. The van der Waals surface area contributed by atoms with Gasteiger partial charge in [0.15, 0.2) is 5.82 Å². The lowest BCUT2D eigenvalue weighted by Gasteiger charge is -2.05. The zero-order chi connectivity index (χ0) is 17.5. The first-order valence-electron chi connectivity index (χ1n) is 8.22. The van der Waals surface area contributed by atoms with Gasteiger partial charge in [0.05, 0.1) is 12.8 Å². The third-order valence-electron chi connectivity index (χ3n) is 3.58. The Morgan fingerprint density at radius 1 is 1.36 bits per heavy atom. The lowest BCUT2D eigenvalue weighted by molar-refractivity contribution is 0.309. The van der Waals surface area contributed by atoms with Crippen molar-refractivity contribution < 1.29 is 4.74 Å². The molecule has 0 atom stereocenters. The second-order valence-corrected chi connectivity index (χ2v) is 6.95. The summed E-state index contributed by atoms with van der Waals surface area (Å²) in [6.45, 7) is 2.88. The smallest absolute Gasteiger partial charge is 0.216 e. The Balaban J connectivity index is 1.75. The van der Waals surface area contributed by atoms with Crippen molar-refractivity contribution in [2.45, 2.75) is 26.2 Å². The Labute approximate surface area is 156 Å². The summed E-state index contributed by atoms with van der Waals surface area (Å²) in [6.07, 6.45) is 4.64. The van der Waals surface area contributed by atoms with Gasteiger partial charge >= 0.3 is 0 Å². The number of rotatable bonds is 8. The molecule has 0 amide bonds. The van der Waals surface area contributed by atoms with Crippen molar-refractivity contribution in [1.82, 2.24) is 14.9 Å². The van der Waals surface area contributed by atoms with Crippen LogP contribution in [0.1, 0.15) is 36.0 Å². The number of nitrogens with one attached hydrogen (secondary N) is 1. The minimum Gasteiger partial charge on any atom is -0.494 e. The first kappa shape index (κ1) is 17.6. The quantitative estimate of drug-likeness (QED) is 0.356. The maximum Gasteiger partial charge on any atom is 0.216 e. The topological polar surface area (TPSA) is 55.2 Å². The van der Waals surface area contributed by atoms with Crippen LogP contribution in [-0.4, -0.2) is 27.7 Å². The molecule has 0 unspecified atom stereocenters. The highest BCUT2D eigenvalue weighted by atomic mass is 32.1. The second-order valence-electron chi connectivity index (χ2n) is 5.53. The Morgan fingerprint density at radius 2 is 2.28 bits per heavy atom. The van der Waals surface area contributed by atoms with Crippen molar-refractivity contribution in [3.63, 3.8) is 0 Å². The van der Waals surface area contributed by atoms with Gasteiger partial charge in [-0.3, -0.25) is 5.10 Å². The van der Waals surface area contributed by atoms with Gasteiger partial charge < -0.3 is 4.74 Å².